The average molecular weight is 522 g/mol. The van der Waals surface area contributed by atoms with Gasteiger partial charge in [-0.15, -0.1) is 11.3 Å². The van der Waals surface area contributed by atoms with Crippen LogP contribution in [0, 0.1) is 6.92 Å². The van der Waals surface area contributed by atoms with Crippen molar-refractivity contribution in [2.24, 2.45) is 0 Å². The minimum Gasteiger partial charge on any atom is -0.370 e. The minimum atomic E-state index is -0.230. The molecule has 4 aromatic rings. The van der Waals surface area contributed by atoms with Crippen LogP contribution >= 0.6 is 34.9 Å². The van der Waals surface area contributed by atoms with E-state index in [1.54, 1.807) is 23.1 Å². The lowest BCUT2D eigenvalue weighted by atomic mass is 9.95. The molecule has 0 radical (unpaired) electrons. The van der Waals surface area contributed by atoms with Crippen molar-refractivity contribution in [1.82, 2.24) is 9.97 Å². The number of anilines is 1. The highest BCUT2D eigenvalue weighted by Crippen LogP contribution is 2.42. The van der Waals surface area contributed by atoms with Crippen LogP contribution in [0.5, 0.6) is 0 Å². The van der Waals surface area contributed by atoms with Crippen LogP contribution < -0.4 is 5.32 Å². The number of benzene rings is 2. The minimum absolute atomic E-state index is 0.0395. The van der Waals surface area contributed by atoms with Crippen LogP contribution in [-0.4, -0.2) is 27.2 Å². The van der Waals surface area contributed by atoms with Crippen molar-refractivity contribution < 1.29 is 9.53 Å². The highest BCUT2D eigenvalue weighted by Gasteiger charge is 2.31. The summed E-state index contributed by atoms with van der Waals surface area (Å²) in [6, 6.07) is 18.2. The number of ether oxygens (including phenoxy) is 1. The van der Waals surface area contributed by atoms with Crippen LogP contribution in [-0.2, 0) is 28.3 Å². The summed E-state index contributed by atoms with van der Waals surface area (Å²) < 4.78 is 6.06. The number of nitrogens with zero attached hydrogens (tertiary/aromatic N) is 2. The van der Waals surface area contributed by atoms with Crippen molar-refractivity contribution in [2.45, 2.75) is 55.3 Å². The molecule has 1 N–H and O–H groups in total. The summed E-state index contributed by atoms with van der Waals surface area (Å²) in [4.78, 5) is 24.8. The lowest BCUT2D eigenvalue weighted by Crippen LogP contribution is -2.31. The molecule has 1 amide bonds. The van der Waals surface area contributed by atoms with E-state index in [9.17, 15) is 4.79 Å². The lowest BCUT2D eigenvalue weighted by molar-refractivity contribution is -0.113. The first-order valence-electron chi connectivity index (χ1n) is 11.5. The molecule has 35 heavy (non-hydrogen) atoms. The Bertz CT molecular complexity index is 1370. The summed E-state index contributed by atoms with van der Waals surface area (Å²) in [5.41, 5.74) is 4.16. The number of nitrogens with one attached hydrogen (secondary N) is 1. The Morgan fingerprint density at radius 2 is 1.86 bits per heavy atom. The van der Waals surface area contributed by atoms with Crippen LogP contribution in [0.25, 0.3) is 10.2 Å². The van der Waals surface area contributed by atoms with Gasteiger partial charge in [-0.05, 0) is 43.5 Å². The Hall–Kier alpha value is -2.39. The number of carbonyl (C=O) groups is 1. The lowest BCUT2D eigenvalue weighted by Gasteiger charge is -2.30. The Balaban J connectivity index is 1.43. The van der Waals surface area contributed by atoms with Gasteiger partial charge in [0.05, 0.1) is 18.0 Å². The van der Waals surface area contributed by atoms with Crippen LogP contribution in [0.4, 0.5) is 5.69 Å². The van der Waals surface area contributed by atoms with E-state index in [1.165, 1.54) is 27.8 Å². The van der Waals surface area contributed by atoms with Crippen LogP contribution in [0.15, 0.2) is 64.8 Å². The van der Waals surface area contributed by atoms with Crippen molar-refractivity contribution in [3.05, 3.63) is 76.2 Å². The summed E-state index contributed by atoms with van der Waals surface area (Å²) in [7, 11) is 0. The van der Waals surface area contributed by atoms with Crippen molar-refractivity contribution in [2.75, 3.05) is 11.1 Å². The van der Waals surface area contributed by atoms with Gasteiger partial charge in [-0.2, -0.15) is 0 Å². The van der Waals surface area contributed by atoms with Gasteiger partial charge in [0.1, 0.15) is 9.86 Å². The van der Waals surface area contributed by atoms with Gasteiger partial charge in [-0.25, -0.2) is 9.97 Å². The highest BCUT2D eigenvalue weighted by molar-refractivity contribution is 8.00. The third-order valence-electron chi connectivity index (χ3n) is 5.85. The van der Waals surface area contributed by atoms with E-state index in [-0.39, 0.29) is 17.3 Å². The fourth-order valence-corrected chi connectivity index (χ4v) is 6.96. The number of rotatable bonds is 7. The predicted molar refractivity (Wildman–Crippen MR) is 147 cm³/mol. The third kappa shape index (κ3) is 5.72. The maximum absolute atomic E-state index is 12.8. The molecule has 0 fully saturated rings. The van der Waals surface area contributed by atoms with E-state index < -0.39 is 0 Å². The van der Waals surface area contributed by atoms with Crippen molar-refractivity contribution in [3.8, 4) is 0 Å². The number of aromatic nitrogens is 2. The summed E-state index contributed by atoms with van der Waals surface area (Å²) in [6.07, 6.45) is 0.811. The molecule has 2 aromatic heterocycles. The van der Waals surface area contributed by atoms with Crippen LogP contribution in [0.2, 0.25) is 0 Å². The number of amides is 1. The quantitative estimate of drug-likeness (QED) is 0.163. The smallest absolute Gasteiger partial charge is 0.234 e. The molecule has 5 rings (SSSR count). The summed E-state index contributed by atoms with van der Waals surface area (Å²) >= 11 is 4.80. The largest absolute Gasteiger partial charge is 0.370 e. The number of fused-ring (bicyclic) bond motifs is 3. The van der Waals surface area contributed by atoms with E-state index in [0.717, 1.165) is 43.8 Å². The Labute approximate surface area is 218 Å². The van der Waals surface area contributed by atoms with E-state index in [1.807, 2.05) is 49.4 Å². The SMILES string of the molecule is Cc1ccccc1NC(=O)CSc1nc(SCc2ccccc2)nc2sc3c(c12)CC(C)(C)OC3. The fraction of sp³-hybridized carbons (Fsp3) is 0.296. The molecule has 0 atom stereocenters. The Morgan fingerprint density at radius 3 is 2.66 bits per heavy atom. The van der Waals surface area contributed by atoms with E-state index >= 15 is 0 Å². The molecular weight excluding hydrogens is 495 g/mol. The topological polar surface area (TPSA) is 64.1 Å². The van der Waals surface area contributed by atoms with Gasteiger partial charge < -0.3 is 10.1 Å². The second-order valence-corrected chi connectivity index (χ2v) is 12.1. The number of hydrogen-bond donors (Lipinski definition) is 1. The maximum atomic E-state index is 12.8. The van der Waals surface area contributed by atoms with Crippen molar-refractivity contribution in [1.29, 1.82) is 0 Å². The molecule has 180 valence electrons. The number of thioether (sulfide) groups is 2. The van der Waals surface area contributed by atoms with Gasteiger partial charge in [0.25, 0.3) is 0 Å². The van der Waals surface area contributed by atoms with Crippen molar-refractivity contribution in [3.63, 3.8) is 0 Å². The van der Waals surface area contributed by atoms with E-state index in [0.29, 0.717) is 6.61 Å². The molecule has 2 aromatic carbocycles. The van der Waals surface area contributed by atoms with Crippen LogP contribution in [0.3, 0.4) is 0 Å². The molecule has 0 bridgehead atoms. The molecule has 0 unspecified atom stereocenters. The van der Waals surface area contributed by atoms with Crippen molar-refractivity contribution >= 4 is 56.7 Å². The van der Waals surface area contributed by atoms with Gasteiger partial charge >= 0.3 is 0 Å². The number of carbonyl (C=O) groups excluding carboxylic acids is 1. The van der Waals surface area contributed by atoms with Gasteiger partial charge in [0.15, 0.2) is 5.16 Å². The average Bonchev–Trinajstić information content (AvgIpc) is 3.20. The molecular formula is C27H27N3O2S3. The first-order chi connectivity index (χ1) is 16.9. The molecule has 0 aliphatic carbocycles. The molecule has 1 aliphatic heterocycles. The number of aryl methyl sites for hydroxylation is 1. The maximum Gasteiger partial charge on any atom is 0.234 e. The second kappa shape index (κ2) is 10.3. The fourth-order valence-electron chi connectivity index (χ4n) is 4.02. The summed E-state index contributed by atoms with van der Waals surface area (Å²) in [5.74, 6) is 1.04. The summed E-state index contributed by atoms with van der Waals surface area (Å²) in [6.45, 7) is 6.82. The third-order valence-corrected chi connectivity index (χ3v) is 8.84. The first-order valence-corrected chi connectivity index (χ1v) is 14.3. The zero-order valence-corrected chi connectivity index (χ0v) is 22.4. The van der Waals surface area contributed by atoms with Crippen LogP contribution in [0.1, 0.15) is 35.4 Å². The second-order valence-electron chi connectivity index (χ2n) is 9.15. The molecule has 0 saturated heterocycles. The normalized spacial score (nSPS) is 14.6. The molecule has 0 saturated carbocycles. The zero-order chi connectivity index (χ0) is 24.4. The standard InChI is InChI=1S/C27H27N3O2S3/c1-17-9-7-8-12-20(17)28-22(31)16-33-24-23-19-13-27(2,3)32-14-21(19)35-25(23)30-26(29-24)34-15-18-10-5-4-6-11-18/h4-12H,13-16H2,1-3H3,(H,28,31). The predicted octanol–water partition coefficient (Wildman–Crippen LogP) is 6.87. The molecule has 3 heterocycles. The van der Waals surface area contributed by atoms with E-state index in [2.05, 4.69) is 31.3 Å². The number of hydrogen-bond acceptors (Lipinski definition) is 7. The molecule has 1 aliphatic rings. The monoisotopic (exact) mass is 521 g/mol. The number of thiophene rings is 1. The van der Waals surface area contributed by atoms with Gasteiger partial charge in [-0.1, -0.05) is 72.1 Å². The first kappa shape index (κ1) is 24.3. The molecule has 0 spiro atoms. The van der Waals surface area contributed by atoms with Gasteiger partial charge in [-0.3, -0.25) is 4.79 Å². The molecule has 5 nitrogen and oxygen atoms in total. The Kier molecular flexibility index (Phi) is 7.16. The zero-order valence-electron chi connectivity index (χ0n) is 20.0. The molecule has 8 heteroatoms. The highest BCUT2D eigenvalue weighted by atomic mass is 32.2. The van der Waals surface area contributed by atoms with Gasteiger partial charge in [0, 0.05) is 28.1 Å². The number of para-hydroxylation sites is 1. The van der Waals surface area contributed by atoms with E-state index in [4.69, 9.17) is 14.7 Å². The Morgan fingerprint density at radius 1 is 1.09 bits per heavy atom. The van der Waals surface area contributed by atoms with Gasteiger partial charge in [0.2, 0.25) is 5.91 Å². The summed E-state index contributed by atoms with van der Waals surface area (Å²) in [5, 5.41) is 5.73.